The first kappa shape index (κ1) is 14.3. The summed E-state index contributed by atoms with van der Waals surface area (Å²) in [6, 6.07) is 4.03. The lowest BCUT2D eigenvalue weighted by atomic mass is 10.2. The zero-order valence-electron chi connectivity index (χ0n) is 9.87. The molecule has 0 atom stereocenters. The van der Waals surface area contributed by atoms with Gasteiger partial charge in [0, 0.05) is 11.1 Å². The van der Waals surface area contributed by atoms with E-state index in [2.05, 4.69) is 20.5 Å². The minimum Gasteiger partial charge on any atom is -0.320 e. The Morgan fingerprint density at radius 1 is 1.55 bits per heavy atom. The summed E-state index contributed by atoms with van der Waals surface area (Å²) in [5, 5.41) is 20.3. The number of carbonyl (C=O) groups excluding carboxylic acids is 1. The van der Waals surface area contributed by atoms with Gasteiger partial charge in [-0.3, -0.25) is 20.0 Å². The molecule has 2 rings (SSSR count). The van der Waals surface area contributed by atoms with Crippen LogP contribution in [0.5, 0.6) is 0 Å². The van der Waals surface area contributed by atoms with Gasteiger partial charge in [-0.05, 0) is 12.1 Å². The lowest BCUT2D eigenvalue weighted by Gasteiger charge is -2.05. The monoisotopic (exact) mass is 313 g/mol. The second-order valence-electron chi connectivity index (χ2n) is 3.55. The van der Waals surface area contributed by atoms with Crippen LogP contribution < -0.4 is 5.32 Å². The van der Waals surface area contributed by atoms with Crippen molar-refractivity contribution in [2.75, 3.05) is 11.1 Å². The van der Waals surface area contributed by atoms with Gasteiger partial charge in [0.05, 0.1) is 10.7 Å². The van der Waals surface area contributed by atoms with Gasteiger partial charge >= 0.3 is 0 Å². The van der Waals surface area contributed by atoms with Crippen LogP contribution in [0.1, 0.15) is 0 Å². The number of nitrogens with zero attached hydrogens (tertiary/aromatic N) is 3. The van der Waals surface area contributed by atoms with E-state index in [4.69, 9.17) is 11.6 Å². The largest absolute Gasteiger partial charge is 0.320 e. The Morgan fingerprint density at radius 3 is 3.00 bits per heavy atom. The van der Waals surface area contributed by atoms with E-state index in [0.717, 1.165) is 11.8 Å². The second kappa shape index (κ2) is 6.35. The first-order valence-corrected chi connectivity index (χ1v) is 6.64. The van der Waals surface area contributed by atoms with Gasteiger partial charge in [-0.2, -0.15) is 5.10 Å². The standard InChI is InChI=1S/C10H8ClN5O3S/c11-6-1-2-7(8(3-6)16(18)19)14-9(17)4-20-10-12-5-13-15-10/h1-3,5H,4H2,(H,14,17)(H,12,13,15). The normalized spacial score (nSPS) is 10.2. The number of rotatable bonds is 5. The van der Waals surface area contributed by atoms with Gasteiger partial charge in [0.25, 0.3) is 5.69 Å². The summed E-state index contributed by atoms with van der Waals surface area (Å²) in [6.45, 7) is 0. The molecule has 0 saturated carbocycles. The van der Waals surface area contributed by atoms with Gasteiger partial charge in [-0.25, -0.2) is 4.98 Å². The van der Waals surface area contributed by atoms with E-state index < -0.39 is 10.8 Å². The van der Waals surface area contributed by atoms with Gasteiger partial charge in [-0.1, -0.05) is 23.4 Å². The maximum absolute atomic E-state index is 11.7. The third kappa shape index (κ3) is 3.68. The number of nitro benzene ring substituents is 1. The molecule has 1 amide bonds. The number of aromatic amines is 1. The first-order valence-electron chi connectivity index (χ1n) is 5.28. The molecule has 0 radical (unpaired) electrons. The summed E-state index contributed by atoms with van der Waals surface area (Å²) in [6.07, 6.45) is 1.32. The van der Waals surface area contributed by atoms with Crippen LogP contribution in [0.2, 0.25) is 5.02 Å². The number of benzene rings is 1. The number of hydrogen-bond acceptors (Lipinski definition) is 6. The molecule has 0 aliphatic heterocycles. The Bertz CT molecular complexity index is 634. The van der Waals surface area contributed by atoms with E-state index in [-0.39, 0.29) is 22.2 Å². The van der Waals surface area contributed by atoms with Crippen LogP contribution in [0.25, 0.3) is 0 Å². The first-order chi connectivity index (χ1) is 9.56. The van der Waals surface area contributed by atoms with Gasteiger partial charge < -0.3 is 5.32 Å². The number of thioether (sulfide) groups is 1. The van der Waals surface area contributed by atoms with Crippen molar-refractivity contribution < 1.29 is 9.72 Å². The molecular weight excluding hydrogens is 306 g/mol. The van der Waals surface area contributed by atoms with Crippen LogP contribution in [0, 0.1) is 10.1 Å². The van der Waals surface area contributed by atoms with Crippen molar-refractivity contribution >= 4 is 40.6 Å². The number of H-pyrrole nitrogens is 1. The Hall–Kier alpha value is -2.13. The minimum atomic E-state index is -0.606. The zero-order chi connectivity index (χ0) is 14.5. The number of amides is 1. The number of carbonyl (C=O) groups is 1. The van der Waals surface area contributed by atoms with Crippen molar-refractivity contribution in [1.82, 2.24) is 15.2 Å². The molecule has 2 N–H and O–H groups in total. The van der Waals surface area contributed by atoms with E-state index >= 15 is 0 Å². The highest BCUT2D eigenvalue weighted by Gasteiger charge is 2.16. The van der Waals surface area contributed by atoms with Crippen LogP contribution in [0.3, 0.4) is 0 Å². The fraction of sp³-hybridized carbons (Fsp3) is 0.100. The van der Waals surface area contributed by atoms with Crippen molar-refractivity contribution in [2.24, 2.45) is 0 Å². The maximum atomic E-state index is 11.7. The number of nitrogens with one attached hydrogen (secondary N) is 2. The zero-order valence-corrected chi connectivity index (χ0v) is 11.4. The van der Waals surface area contributed by atoms with E-state index in [0.29, 0.717) is 5.16 Å². The van der Waals surface area contributed by atoms with Crippen molar-refractivity contribution in [1.29, 1.82) is 0 Å². The quantitative estimate of drug-likeness (QED) is 0.496. The molecule has 0 bridgehead atoms. The number of anilines is 1. The Labute approximate surface area is 122 Å². The SMILES string of the molecule is O=C(CSc1ncn[nH]1)Nc1ccc(Cl)cc1[N+](=O)[O-]. The molecular formula is C10H8ClN5O3S. The fourth-order valence-electron chi connectivity index (χ4n) is 1.35. The number of halogens is 1. The van der Waals surface area contributed by atoms with E-state index in [1.165, 1.54) is 24.5 Å². The number of hydrogen-bond donors (Lipinski definition) is 2. The molecule has 104 valence electrons. The molecule has 10 heteroatoms. The molecule has 8 nitrogen and oxygen atoms in total. The minimum absolute atomic E-state index is 0.0506. The maximum Gasteiger partial charge on any atom is 0.294 e. The highest BCUT2D eigenvalue weighted by molar-refractivity contribution is 7.99. The fourth-order valence-corrected chi connectivity index (χ4v) is 2.09. The van der Waals surface area contributed by atoms with E-state index in [9.17, 15) is 14.9 Å². The Morgan fingerprint density at radius 2 is 2.35 bits per heavy atom. The van der Waals surface area contributed by atoms with Crippen LogP contribution in [0.4, 0.5) is 11.4 Å². The van der Waals surface area contributed by atoms with Gasteiger partial charge in [0.1, 0.15) is 12.0 Å². The molecule has 0 saturated heterocycles. The molecule has 0 aliphatic rings. The third-order valence-corrected chi connectivity index (χ3v) is 3.28. The molecule has 20 heavy (non-hydrogen) atoms. The van der Waals surface area contributed by atoms with Gasteiger partial charge in [-0.15, -0.1) is 0 Å². The number of aromatic nitrogens is 3. The van der Waals surface area contributed by atoms with Crippen LogP contribution >= 0.6 is 23.4 Å². The Balaban J connectivity index is 2.02. The smallest absolute Gasteiger partial charge is 0.294 e. The summed E-state index contributed by atoms with van der Waals surface area (Å²) in [5.41, 5.74) is -0.155. The Kier molecular flexibility index (Phi) is 4.53. The summed E-state index contributed by atoms with van der Waals surface area (Å²) in [5.74, 6) is -0.341. The van der Waals surface area contributed by atoms with E-state index in [1.807, 2.05) is 0 Å². The van der Waals surface area contributed by atoms with Crippen LogP contribution in [-0.2, 0) is 4.79 Å². The lowest BCUT2D eigenvalue weighted by molar-refractivity contribution is -0.383. The number of nitro groups is 1. The molecule has 0 aliphatic carbocycles. The molecule has 2 aromatic rings. The average Bonchev–Trinajstić information content (AvgIpc) is 2.91. The topological polar surface area (TPSA) is 114 Å². The molecule has 1 aromatic heterocycles. The summed E-state index contributed by atoms with van der Waals surface area (Å²) < 4.78 is 0. The summed E-state index contributed by atoms with van der Waals surface area (Å²) in [4.78, 5) is 25.8. The van der Waals surface area contributed by atoms with Crippen LogP contribution in [-0.4, -0.2) is 31.8 Å². The summed E-state index contributed by atoms with van der Waals surface area (Å²) in [7, 11) is 0. The van der Waals surface area contributed by atoms with Crippen LogP contribution in [0.15, 0.2) is 29.7 Å². The molecule has 1 heterocycles. The van der Waals surface area contributed by atoms with Crippen molar-refractivity contribution in [3.05, 3.63) is 39.7 Å². The summed E-state index contributed by atoms with van der Waals surface area (Å²) >= 11 is 6.82. The van der Waals surface area contributed by atoms with Gasteiger partial charge in [0.15, 0.2) is 5.16 Å². The van der Waals surface area contributed by atoms with Crippen molar-refractivity contribution in [2.45, 2.75) is 5.16 Å². The average molecular weight is 314 g/mol. The predicted octanol–water partition coefficient (Wildman–Crippen LogP) is 2.10. The van der Waals surface area contributed by atoms with E-state index in [1.54, 1.807) is 0 Å². The van der Waals surface area contributed by atoms with Crippen molar-refractivity contribution in [3.63, 3.8) is 0 Å². The highest BCUT2D eigenvalue weighted by atomic mass is 35.5. The van der Waals surface area contributed by atoms with Crippen molar-refractivity contribution in [3.8, 4) is 0 Å². The molecule has 0 fully saturated rings. The lowest BCUT2D eigenvalue weighted by Crippen LogP contribution is -2.15. The van der Waals surface area contributed by atoms with Gasteiger partial charge in [0.2, 0.25) is 5.91 Å². The molecule has 0 spiro atoms. The third-order valence-electron chi connectivity index (χ3n) is 2.16. The molecule has 1 aromatic carbocycles. The highest BCUT2D eigenvalue weighted by Crippen LogP contribution is 2.27. The predicted molar refractivity (Wildman–Crippen MR) is 73.8 cm³/mol. The molecule has 0 unspecified atom stereocenters. The second-order valence-corrected chi connectivity index (χ2v) is 4.95.